The summed E-state index contributed by atoms with van der Waals surface area (Å²) in [6, 6.07) is 6.07. The van der Waals surface area contributed by atoms with Crippen LogP contribution in [0.3, 0.4) is 0 Å². The molecule has 2 rings (SSSR count). The fraction of sp³-hybridized carbons (Fsp3) is 0.333. The molecule has 0 bridgehead atoms. The highest BCUT2D eigenvalue weighted by molar-refractivity contribution is 5.94. The smallest absolute Gasteiger partial charge is 0.388 e. The number of hydrogen-bond donors (Lipinski definition) is 0. The number of ether oxygens (including phenoxy) is 2. The Morgan fingerprint density at radius 3 is 2.91 bits per heavy atom. The number of amides is 1. The number of methoxy groups -OCH3 is 1. The minimum atomic E-state index is -3.00. The monoisotopic (exact) mass is 326 g/mol. The van der Waals surface area contributed by atoms with E-state index in [-0.39, 0.29) is 23.9 Å². The van der Waals surface area contributed by atoms with Gasteiger partial charge in [0, 0.05) is 31.5 Å². The standard InChI is InChI=1S/C15H16F2N2O4/c1-21-8-6-19(10-12-3-2-7-22-12)14(20)11-4-5-18-13(9-11)23-15(16)17/h2-5,7,9,15H,6,8,10H2,1H3. The van der Waals surface area contributed by atoms with E-state index in [9.17, 15) is 13.6 Å². The fourth-order valence-corrected chi connectivity index (χ4v) is 1.93. The quantitative estimate of drug-likeness (QED) is 0.746. The first-order valence-electron chi connectivity index (χ1n) is 6.81. The molecule has 0 radical (unpaired) electrons. The molecule has 8 heteroatoms. The second-order valence-electron chi connectivity index (χ2n) is 4.56. The average Bonchev–Trinajstić information content (AvgIpc) is 3.03. The molecule has 0 aliphatic carbocycles. The van der Waals surface area contributed by atoms with Gasteiger partial charge in [0.1, 0.15) is 5.76 Å². The molecular formula is C15H16F2N2O4. The van der Waals surface area contributed by atoms with Crippen molar-refractivity contribution in [2.45, 2.75) is 13.2 Å². The van der Waals surface area contributed by atoms with Crippen LogP contribution < -0.4 is 4.74 Å². The average molecular weight is 326 g/mol. The van der Waals surface area contributed by atoms with Gasteiger partial charge in [0.25, 0.3) is 5.91 Å². The van der Waals surface area contributed by atoms with Gasteiger partial charge < -0.3 is 18.8 Å². The number of furan rings is 1. The molecule has 0 N–H and O–H groups in total. The van der Waals surface area contributed by atoms with Gasteiger partial charge in [0.05, 0.1) is 19.4 Å². The van der Waals surface area contributed by atoms with E-state index in [1.165, 1.54) is 36.6 Å². The van der Waals surface area contributed by atoms with Crippen molar-refractivity contribution in [2.24, 2.45) is 0 Å². The van der Waals surface area contributed by atoms with Crippen LogP contribution in [-0.2, 0) is 11.3 Å². The van der Waals surface area contributed by atoms with Crippen LogP contribution in [0.25, 0.3) is 0 Å². The van der Waals surface area contributed by atoms with Crippen molar-refractivity contribution in [2.75, 3.05) is 20.3 Å². The summed E-state index contributed by atoms with van der Waals surface area (Å²) >= 11 is 0. The molecule has 2 aromatic heterocycles. The lowest BCUT2D eigenvalue weighted by Gasteiger charge is -2.21. The van der Waals surface area contributed by atoms with Gasteiger partial charge in [-0.1, -0.05) is 0 Å². The summed E-state index contributed by atoms with van der Waals surface area (Å²) in [4.78, 5) is 17.7. The van der Waals surface area contributed by atoms with E-state index in [4.69, 9.17) is 9.15 Å². The van der Waals surface area contributed by atoms with Crippen molar-refractivity contribution < 1.29 is 27.5 Å². The number of pyridine rings is 1. The van der Waals surface area contributed by atoms with Crippen LogP contribution in [-0.4, -0.2) is 42.7 Å². The Bertz CT molecular complexity index is 620. The molecule has 6 nitrogen and oxygen atoms in total. The molecule has 2 aromatic rings. The molecule has 1 amide bonds. The predicted octanol–water partition coefficient (Wildman–Crippen LogP) is 2.56. The number of aromatic nitrogens is 1. The molecule has 0 aromatic carbocycles. The van der Waals surface area contributed by atoms with Crippen LogP contribution >= 0.6 is 0 Å². The highest BCUT2D eigenvalue weighted by atomic mass is 19.3. The van der Waals surface area contributed by atoms with Gasteiger partial charge in [0.2, 0.25) is 5.88 Å². The Kier molecular flexibility index (Phi) is 6.04. The van der Waals surface area contributed by atoms with Crippen molar-refractivity contribution in [3.63, 3.8) is 0 Å². The summed E-state index contributed by atoms with van der Waals surface area (Å²) in [6.45, 7) is -2.11. The first kappa shape index (κ1) is 16.9. The lowest BCUT2D eigenvalue weighted by atomic mass is 10.2. The molecular weight excluding hydrogens is 310 g/mol. The van der Waals surface area contributed by atoms with Gasteiger partial charge in [-0.05, 0) is 18.2 Å². The molecule has 0 aliphatic heterocycles. The molecule has 2 heterocycles. The van der Waals surface area contributed by atoms with Crippen LogP contribution in [0, 0.1) is 0 Å². The Morgan fingerprint density at radius 2 is 2.26 bits per heavy atom. The maximum atomic E-state index is 12.6. The molecule has 0 fully saturated rings. The molecule has 0 aliphatic rings. The Hall–Kier alpha value is -2.48. The van der Waals surface area contributed by atoms with Crippen LogP contribution in [0.15, 0.2) is 41.1 Å². The van der Waals surface area contributed by atoms with Crippen molar-refractivity contribution in [1.29, 1.82) is 0 Å². The third-order valence-electron chi connectivity index (χ3n) is 2.97. The summed E-state index contributed by atoms with van der Waals surface area (Å²) in [6.07, 6.45) is 2.75. The van der Waals surface area contributed by atoms with Gasteiger partial charge in [0.15, 0.2) is 0 Å². The third kappa shape index (κ3) is 5.03. The van der Waals surface area contributed by atoms with Crippen molar-refractivity contribution in [3.8, 4) is 5.88 Å². The van der Waals surface area contributed by atoms with Gasteiger partial charge >= 0.3 is 6.61 Å². The highest BCUT2D eigenvalue weighted by Gasteiger charge is 2.18. The van der Waals surface area contributed by atoms with E-state index in [2.05, 4.69) is 9.72 Å². The van der Waals surface area contributed by atoms with Crippen LogP contribution in [0.4, 0.5) is 8.78 Å². The van der Waals surface area contributed by atoms with Crippen LogP contribution in [0.5, 0.6) is 5.88 Å². The number of carbonyl (C=O) groups is 1. The molecule has 23 heavy (non-hydrogen) atoms. The fourth-order valence-electron chi connectivity index (χ4n) is 1.93. The topological polar surface area (TPSA) is 64.8 Å². The van der Waals surface area contributed by atoms with E-state index in [0.29, 0.717) is 18.9 Å². The second-order valence-corrected chi connectivity index (χ2v) is 4.56. The maximum absolute atomic E-state index is 12.6. The zero-order valence-corrected chi connectivity index (χ0v) is 12.4. The summed E-state index contributed by atoms with van der Waals surface area (Å²) in [5.74, 6) is -0.0666. The Morgan fingerprint density at radius 1 is 1.43 bits per heavy atom. The van der Waals surface area contributed by atoms with Crippen LogP contribution in [0.1, 0.15) is 16.1 Å². The van der Waals surface area contributed by atoms with E-state index in [1.807, 2.05) is 0 Å². The second kappa shape index (κ2) is 8.23. The highest BCUT2D eigenvalue weighted by Crippen LogP contribution is 2.16. The molecule has 0 spiro atoms. The summed E-state index contributed by atoms with van der Waals surface area (Å²) in [7, 11) is 1.52. The van der Waals surface area contributed by atoms with Gasteiger partial charge in [-0.3, -0.25) is 4.79 Å². The largest absolute Gasteiger partial charge is 0.467 e. The number of nitrogens with zero attached hydrogens (tertiary/aromatic N) is 2. The molecule has 0 saturated carbocycles. The maximum Gasteiger partial charge on any atom is 0.388 e. The number of rotatable bonds is 8. The molecule has 0 saturated heterocycles. The lowest BCUT2D eigenvalue weighted by molar-refractivity contribution is -0.0529. The van der Waals surface area contributed by atoms with E-state index in [0.717, 1.165) is 0 Å². The third-order valence-corrected chi connectivity index (χ3v) is 2.97. The molecule has 0 unspecified atom stereocenters. The molecule has 124 valence electrons. The SMILES string of the molecule is COCCN(Cc1ccco1)C(=O)c1ccnc(OC(F)F)c1. The van der Waals surface area contributed by atoms with Gasteiger partial charge in [-0.15, -0.1) is 0 Å². The minimum Gasteiger partial charge on any atom is -0.467 e. The Balaban J connectivity index is 2.15. The van der Waals surface area contributed by atoms with Crippen molar-refractivity contribution in [1.82, 2.24) is 9.88 Å². The Labute approximate surface area is 131 Å². The minimum absolute atomic E-state index is 0.193. The predicted molar refractivity (Wildman–Crippen MR) is 76.2 cm³/mol. The van der Waals surface area contributed by atoms with E-state index < -0.39 is 6.61 Å². The summed E-state index contributed by atoms with van der Waals surface area (Å²) in [5.41, 5.74) is 0.193. The summed E-state index contributed by atoms with van der Waals surface area (Å²) in [5, 5.41) is 0. The van der Waals surface area contributed by atoms with Gasteiger partial charge in [-0.2, -0.15) is 8.78 Å². The lowest BCUT2D eigenvalue weighted by Crippen LogP contribution is -2.33. The first-order chi connectivity index (χ1) is 11.1. The van der Waals surface area contributed by atoms with Crippen molar-refractivity contribution in [3.05, 3.63) is 48.0 Å². The van der Waals surface area contributed by atoms with Crippen molar-refractivity contribution >= 4 is 5.91 Å². The number of alkyl halides is 2. The van der Waals surface area contributed by atoms with E-state index in [1.54, 1.807) is 12.1 Å². The number of carbonyl (C=O) groups excluding carboxylic acids is 1. The number of hydrogen-bond acceptors (Lipinski definition) is 5. The normalized spacial score (nSPS) is 10.8. The van der Waals surface area contributed by atoms with E-state index >= 15 is 0 Å². The van der Waals surface area contributed by atoms with Crippen LogP contribution in [0.2, 0.25) is 0 Å². The number of halogens is 2. The van der Waals surface area contributed by atoms with Gasteiger partial charge in [-0.25, -0.2) is 4.98 Å². The summed E-state index contributed by atoms with van der Waals surface area (Å²) < 4.78 is 38.9. The molecule has 0 atom stereocenters. The zero-order valence-electron chi connectivity index (χ0n) is 12.4. The zero-order chi connectivity index (χ0) is 16.7. The first-order valence-corrected chi connectivity index (χ1v) is 6.81.